The molecule has 1 heterocycles. The Morgan fingerprint density at radius 3 is 2.22 bits per heavy atom. The van der Waals surface area contributed by atoms with E-state index in [1.165, 1.54) is 0 Å². The summed E-state index contributed by atoms with van der Waals surface area (Å²) in [7, 11) is 0. The van der Waals surface area contributed by atoms with Gasteiger partial charge in [0, 0.05) is 0 Å². The molecule has 0 bridgehead atoms. The maximum Gasteiger partial charge on any atom is 0.311 e. The van der Waals surface area contributed by atoms with E-state index < -0.39 is 6.10 Å². The first-order valence-corrected chi connectivity index (χ1v) is 3.01. The van der Waals surface area contributed by atoms with Crippen molar-refractivity contribution in [3.63, 3.8) is 0 Å². The average Bonchev–Trinajstić information content (AvgIpc) is 1.98. The number of ether oxygens (including phenoxy) is 1. The summed E-state index contributed by atoms with van der Waals surface area (Å²) in [5, 5.41) is 9.09. The van der Waals surface area contributed by atoms with E-state index in [9.17, 15) is 4.79 Å². The van der Waals surface area contributed by atoms with Gasteiger partial charge in [0.05, 0.1) is 5.92 Å². The van der Waals surface area contributed by atoms with Crippen LogP contribution >= 0.6 is 0 Å². The first-order valence-electron chi connectivity index (χ1n) is 3.01. The third kappa shape index (κ3) is 0.920. The number of aliphatic hydroxyl groups excluding tert-OH is 1. The van der Waals surface area contributed by atoms with Gasteiger partial charge in [-0.25, -0.2) is 0 Å². The van der Waals surface area contributed by atoms with E-state index in [2.05, 4.69) is 0 Å². The van der Waals surface area contributed by atoms with Crippen molar-refractivity contribution < 1.29 is 14.6 Å². The molecule has 0 spiro atoms. The molecule has 3 atom stereocenters. The molecular weight excluding hydrogens is 120 g/mol. The van der Waals surface area contributed by atoms with E-state index in [1.54, 1.807) is 13.8 Å². The monoisotopic (exact) mass is 130 g/mol. The van der Waals surface area contributed by atoms with Crippen LogP contribution in [-0.2, 0) is 9.53 Å². The van der Waals surface area contributed by atoms with Crippen molar-refractivity contribution in [2.45, 2.75) is 26.1 Å². The van der Waals surface area contributed by atoms with Crippen molar-refractivity contribution in [3.05, 3.63) is 0 Å². The maximum absolute atomic E-state index is 10.6. The highest BCUT2D eigenvalue weighted by atomic mass is 16.6. The highest BCUT2D eigenvalue weighted by Gasteiger charge is 2.37. The smallest absolute Gasteiger partial charge is 0.311 e. The van der Waals surface area contributed by atoms with Crippen molar-refractivity contribution in [2.75, 3.05) is 0 Å². The molecule has 0 aromatic carbocycles. The SMILES string of the molecule is C[C@@H]1OC(=O)[C@H](C)[C@H]1O. The molecule has 0 amide bonds. The summed E-state index contributed by atoms with van der Waals surface area (Å²) in [6, 6.07) is 0. The molecule has 1 aliphatic heterocycles. The van der Waals surface area contributed by atoms with E-state index >= 15 is 0 Å². The van der Waals surface area contributed by atoms with Crippen LogP contribution in [0.2, 0.25) is 0 Å². The lowest BCUT2D eigenvalue weighted by Gasteiger charge is -2.05. The van der Waals surface area contributed by atoms with Crippen LogP contribution < -0.4 is 0 Å². The highest BCUT2D eigenvalue weighted by molar-refractivity contribution is 5.75. The van der Waals surface area contributed by atoms with Crippen molar-refractivity contribution in [2.24, 2.45) is 5.92 Å². The quantitative estimate of drug-likeness (QED) is 0.467. The van der Waals surface area contributed by atoms with Crippen LogP contribution in [0.5, 0.6) is 0 Å². The van der Waals surface area contributed by atoms with Gasteiger partial charge in [-0.05, 0) is 13.8 Å². The van der Waals surface area contributed by atoms with Gasteiger partial charge >= 0.3 is 5.97 Å². The third-order valence-electron chi connectivity index (χ3n) is 1.67. The molecule has 0 aromatic rings. The van der Waals surface area contributed by atoms with Crippen LogP contribution in [0, 0.1) is 5.92 Å². The van der Waals surface area contributed by atoms with Crippen molar-refractivity contribution in [3.8, 4) is 0 Å². The number of carbonyl (C=O) groups is 1. The van der Waals surface area contributed by atoms with Gasteiger partial charge < -0.3 is 9.84 Å². The Kier molecular flexibility index (Phi) is 1.45. The van der Waals surface area contributed by atoms with Crippen LogP contribution in [0.3, 0.4) is 0 Å². The van der Waals surface area contributed by atoms with Crippen LogP contribution in [0.1, 0.15) is 13.8 Å². The lowest BCUT2D eigenvalue weighted by atomic mass is 10.1. The summed E-state index contributed by atoms with van der Waals surface area (Å²) in [4.78, 5) is 10.6. The number of esters is 1. The van der Waals surface area contributed by atoms with Gasteiger partial charge in [-0.2, -0.15) is 0 Å². The maximum atomic E-state index is 10.6. The van der Waals surface area contributed by atoms with E-state index in [4.69, 9.17) is 9.84 Å². The summed E-state index contributed by atoms with van der Waals surface area (Å²) >= 11 is 0. The molecule has 0 radical (unpaired) electrons. The highest BCUT2D eigenvalue weighted by Crippen LogP contribution is 2.20. The molecule has 3 nitrogen and oxygen atoms in total. The van der Waals surface area contributed by atoms with Crippen molar-refractivity contribution >= 4 is 5.97 Å². The Morgan fingerprint density at radius 2 is 2.11 bits per heavy atom. The number of hydrogen-bond acceptors (Lipinski definition) is 3. The van der Waals surface area contributed by atoms with Gasteiger partial charge in [0.2, 0.25) is 0 Å². The summed E-state index contributed by atoms with van der Waals surface area (Å²) in [6.07, 6.45) is -0.940. The number of cyclic esters (lactones) is 1. The number of carbonyl (C=O) groups excluding carboxylic acids is 1. The fourth-order valence-electron chi connectivity index (χ4n) is 0.906. The molecule has 1 saturated heterocycles. The first-order chi connectivity index (χ1) is 4.13. The van der Waals surface area contributed by atoms with Gasteiger partial charge in [-0.1, -0.05) is 0 Å². The van der Waals surface area contributed by atoms with E-state index in [-0.39, 0.29) is 18.0 Å². The summed E-state index contributed by atoms with van der Waals surface area (Å²) in [5.74, 6) is -0.644. The molecular formula is C6H10O3. The van der Waals surface area contributed by atoms with Crippen LogP contribution in [0.4, 0.5) is 0 Å². The van der Waals surface area contributed by atoms with E-state index in [0.717, 1.165) is 0 Å². The molecule has 3 heteroatoms. The molecule has 52 valence electrons. The summed E-state index contributed by atoms with van der Waals surface area (Å²) in [6.45, 7) is 3.35. The molecule has 0 unspecified atom stereocenters. The lowest BCUT2D eigenvalue weighted by molar-refractivity contribution is -0.143. The van der Waals surface area contributed by atoms with E-state index in [0.29, 0.717) is 0 Å². The van der Waals surface area contributed by atoms with Crippen molar-refractivity contribution in [1.82, 2.24) is 0 Å². The minimum Gasteiger partial charge on any atom is -0.460 e. The predicted molar refractivity (Wildman–Crippen MR) is 30.7 cm³/mol. The molecule has 1 fully saturated rings. The Morgan fingerprint density at radius 1 is 1.56 bits per heavy atom. The van der Waals surface area contributed by atoms with Gasteiger partial charge in [-0.3, -0.25) is 4.79 Å². The number of rotatable bonds is 0. The van der Waals surface area contributed by atoms with Gasteiger partial charge in [0.25, 0.3) is 0 Å². The average molecular weight is 130 g/mol. The second-order valence-corrected chi connectivity index (χ2v) is 2.42. The lowest BCUT2D eigenvalue weighted by Crippen LogP contribution is -2.22. The summed E-state index contributed by atoms with van der Waals surface area (Å²) < 4.78 is 4.70. The second kappa shape index (κ2) is 1.99. The van der Waals surface area contributed by atoms with Gasteiger partial charge in [-0.15, -0.1) is 0 Å². The Balaban J connectivity index is 2.65. The Hall–Kier alpha value is -0.570. The Bertz CT molecular complexity index is 132. The molecule has 9 heavy (non-hydrogen) atoms. The zero-order valence-corrected chi connectivity index (χ0v) is 5.50. The molecule has 0 aliphatic carbocycles. The van der Waals surface area contributed by atoms with Gasteiger partial charge in [0.15, 0.2) is 0 Å². The molecule has 1 aliphatic rings. The number of aliphatic hydroxyl groups is 1. The zero-order valence-electron chi connectivity index (χ0n) is 5.50. The molecule has 1 N–H and O–H groups in total. The molecule has 0 aromatic heterocycles. The first kappa shape index (κ1) is 6.55. The molecule has 0 saturated carbocycles. The summed E-state index contributed by atoms with van der Waals surface area (Å²) in [5.41, 5.74) is 0. The van der Waals surface area contributed by atoms with Crippen LogP contribution in [-0.4, -0.2) is 23.3 Å². The van der Waals surface area contributed by atoms with Gasteiger partial charge in [0.1, 0.15) is 12.2 Å². The zero-order chi connectivity index (χ0) is 7.02. The fourth-order valence-corrected chi connectivity index (χ4v) is 0.906. The number of hydrogen-bond donors (Lipinski definition) is 1. The van der Waals surface area contributed by atoms with Crippen molar-refractivity contribution in [1.29, 1.82) is 0 Å². The standard InChI is InChI=1S/C6H10O3/c1-3-5(7)4(2)9-6(3)8/h3-5,7H,1-2H3/t3-,4+,5-/m1/s1. The second-order valence-electron chi connectivity index (χ2n) is 2.42. The van der Waals surface area contributed by atoms with E-state index in [1.807, 2.05) is 0 Å². The Labute approximate surface area is 53.6 Å². The minimum absolute atomic E-state index is 0.296. The largest absolute Gasteiger partial charge is 0.460 e. The van der Waals surface area contributed by atoms with Crippen LogP contribution in [0.15, 0.2) is 0 Å². The third-order valence-corrected chi connectivity index (χ3v) is 1.67. The minimum atomic E-state index is -0.613. The molecule has 1 rings (SSSR count). The predicted octanol–water partition coefficient (Wildman–Crippen LogP) is -0.0713. The topological polar surface area (TPSA) is 46.5 Å². The fraction of sp³-hybridized carbons (Fsp3) is 0.833. The van der Waals surface area contributed by atoms with Crippen LogP contribution in [0.25, 0.3) is 0 Å². The normalized spacial score (nSPS) is 43.0.